The third-order valence-electron chi connectivity index (χ3n) is 3.12. The van der Waals surface area contributed by atoms with Gasteiger partial charge in [-0.25, -0.2) is 4.39 Å². The summed E-state index contributed by atoms with van der Waals surface area (Å²) in [6, 6.07) is 2.09. The SMILES string of the molecule is CC[C@H](N)C(=O)Nc1cc2c(cc1F)CCC(=O)N2.Cl. The van der Waals surface area contributed by atoms with E-state index in [1.165, 1.54) is 12.1 Å². The molecule has 0 saturated heterocycles. The van der Waals surface area contributed by atoms with Gasteiger partial charge in [-0.1, -0.05) is 6.92 Å². The molecule has 1 heterocycles. The Kier molecular flexibility index (Phi) is 5.47. The van der Waals surface area contributed by atoms with E-state index in [1.807, 2.05) is 0 Å². The molecule has 20 heavy (non-hydrogen) atoms. The molecule has 0 aromatic heterocycles. The van der Waals surface area contributed by atoms with Crippen molar-refractivity contribution in [2.75, 3.05) is 10.6 Å². The van der Waals surface area contributed by atoms with Crippen molar-refractivity contribution in [1.82, 2.24) is 0 Å². The first-order chi connectivity index (χ1) is 9.01. The number of hydrogen-bond donors (Lipinski definition) is 3. The predicted octanol–water partition coefficient (Wildman–Crippen LogP) is 1.81. The van der Waals surface area contributed by atoms with Crippen LogP contribution in [-0.4, -0.2) is 17.9 Å². The van der Waals surface area contributed by atoms with E-state index >= 15 is 0 Å². The van der Waals surface area contributed by atoms with E-state index < -0.39 is 17.8 Å². The molecule has 0 spiro atoms. The summed E-state index contributed by atoms with van der Waals surface area (Å²) in [5.74, 6) is -1.07. The summed E-state index contributed by atoms with van der Waals surface area (Å²) >= 11 is 0. The van der Waals surface area contributed by atoms with Crippen molar-refractivity contribution in [3.63, 3.8) is 0 Å². The minimum absolute atomic E-state index is 0. The maximum atomic E-state index is 13.8. The number of carbonyl (C=O) groups is 2. The molecule has 110 valence electrons. The zero-order valence-corrected chi connectivity index (χ0v) is 11.8. The fourth-order valence-electron chi connectivity index (χ4n) is 1.91. The number of nitrogens with two attached hydrogens (primary N) is 1. The Morgan fingerprint density at radius 1 is 1.50 bits per heavy atom. The number of carbonyl (C=O) groups excluding carboxylic acids is 2. The van der Waals surface area contributed by atoms with E-state index in [9.17, 15) is 14.0 Å². The third-order valence-corrected chi connectivity index (χ3v) is 3.12. The molecule has 0 unspecified atom stereocenters. The Morgan fingerprint density at radius 2 is 2.20 bits per heavy atom. The van der Waals surface area contributed by atoms with Gasteiger partial charge >= 0.3 is 0 Å². The minimum Gasteiger partial charge on any atom is -0.326 e. The second kappa shape index (κ2) is 6.67. The van der Waals surface area contributed by atoms with Crippen LogP contribution in [-0.2, 0) is 16.0 Å². The van der Waals surface area contributed by atoms with E-state index in [1.54, 1.807) is 6.92 Å². The van der Waals surface area contributed by atoms with Crippen LogP contribution in [0.15, 0.2) is 12.1 Å². The summed E-state index contributed by atoms with van der Waals surface area (Å²) in [5.41, 5.74) is 6.88. The molecule has 0 aliphatic carbocycles. The number of fused-ring (bicyclic) bond motifs is 1. The normalized spacial score (nSPS) is 14.7. The summed E-state index contributed by atoms with van der Waals surface area (Å²) in [4.78, 5) is 22.9. The molecule has 5 nitrogen and oxygen atoms in total. The van der Waals surface area contributed by atoms with Crippen LogP contribution < -0.4 is 16.4 Å². The number of nitrogens with one attached hydrogen (secondary N) is 2. The van der Waals surface area contributed by atoms with Gasteiger partial charge in [0, 0.05) is 12.1 Å². The summed E-state index contributed by atoms with van der Waals surface area (Å²) < 4.78 is 13.8. The second-order valence-electron chi connectivity index (χ2n) is 4.54. The van der Waals surface area contributed by atoms with Crippen LogP contribution in [0.1, 0.15) is 25.3 Å². The molecule has 1 atom stereocenters. The second-order valence-corrected chi connectivity index (χ2v) is 4.54. The Morgan fingerprint density at radius 3 is 2.85 bits per heavy atom. The first-order valence-corrected chi connectivity index (χ1v) is 6.20. The lowest BCUT2D eigenvalue weighted by atomic mass is 10.0. The lowest BCUT2D eigenvalue weighted by Crippen LogP contribution is -2.35. The summed E-state index contributed by atoms with van der Waals surface area (Å²) in [6.45, 7) is 1.77. The molecular formula is C13H17ClFN3O2. The maximum absolute atomic E-state index is 13.8. The van der Waals surface area contributed by atoms with Crippen molar-refractivity contribution in [2.45, 2.75) is 32.2 Å². The van der Waals surface area contributed by atoms with Crippen molar-refractivity contribution >= 4 is 35.6 Å². The topological polar surface area (TPSA) is 84.2 Å². The van der Waals surface area contributed by atoms with Gasteiger partial charge in [-0.15, -0.1) is 12.4 Å². The fraction of sp³-hybridized carbons (Fsp3) is 0.385. The molecule has 0 bridgehead atoms. The molecule has 0 radical (unpaired) electrons. The van der Waals surface area contributed by atoms with Gasteiger partial charge in [-0.05, 0) is 30.5 Å². The highest BCUT2D eigenvalue weighted by molar-refractivity contribution is 5.98. The molecule has 0 fully saturated rings. The standard InChI is InChI=1S/C13H16FN3O2.ClH/c1-2-9(15)13(19)17-11-6-10-7(5-8(11)14)3-4-12(18)16-10;/h5-6,9H,2-4,15H2,1H3,(H,16,18)(H,17,19);1H/t9-;/m0./s1. The van der Waals surface area contributed by atoms with Crippen LogP contribution >= 0.6 is 12.4 Å². The Hall–Kier alpha value is -1.66. The van der Waals surface area contributed by atoms with Crippen LogP contribution in [0.25, 0.3) is 0 Å². The Balaban J connectivity index is 0.00000200. The third kappa shape index (κ3) is 3.46. The van der Waals surface area contributed by atoms with Crippen molar-refractivity contribution in [3.05, 3.63) is 23.5 Å². The first kappa shape index (κ1) is 16.4. The quantitative estimate of drug-likeness (QED) is 0.796. The zero-order chi connectivity index (χ0) is 14.0. The number of hydrogen-bond acceptors (Lipinski definition) is 3. The number of benzene rings is 1. The largest absolute Gasteiger partial charge is 0.326 e. The number of anilines is 2. The first-order valence-electron chi connectivity index (χ1n) is 6.20. The molecular weight excluding hydrogens is 285 g/mol. The highest BCUT2D eigenvalue weighted by atomic mass is 35.5. The van der Waals surface area contributed by atoms with Crippen LogP contribution in [0, 0.1) is 5.82 Å². The van der Waals surface area contributed by atoms with Gasteiger partial charge < -0.3 is 16.4 Å². The lowest BCUT2D eigenvalue weighted by molar-refractivity contribution is -0.117. The minimum atomic E-state index is -0.676. The molecule has 2 rings (SSSR count). The van der Waals surface area contributed by atoms with Gasteiger partial charge in [0.05, 0.1) is 11.7 Å². The van der Waals surface area contributed by atoms with Crippen molar-refractivity contribution in [2.24, 2.45) is 5.73 Å². The number of aryl methyl sites for hydroxylation is 1. The zero-order valence-electron chi connectivity index (χ0n) is 11.0. The molecule has 1 aromatic rings. The van der Waals surface area contributed by atoms with Crippen molar-refractivity contribution < 1.29 is 14.0 Å². The monoisotopic (exact) mass is 301 g/mol. The van der Waals surface area contributed by atoms with Crippen LogP contribution in [0.2, 0.25) is 0 Å². The van der Waals surface area contributed by atoms with E-state index in [0.29, 0.717) is 24.9 Å². The average Bonchev–Trinajstić information content (AvgIpc) is 2.39. The van der Waals surface area contributed by atoms with E-state index in [4.69, 9.17) is 5.73 Å². The van der Waals surface area contributed by atoms with Crippen LogP contribution in [0.4, 0.5) is 15.8 Å². The highest BCUT2D eigenvalue weighted by Gasteiger charge is 2.19. The highest BCUT2D eigenvalue weighted by Crippen LogP contribution is 2.28. The van der Waals surface area contributed by atoms with Gasteiger partial charge in [0.15, 0.2) is 0 Å². The number of amides is 2. The molecule has 7 heteroatoms. The van der Waals surface area contributed by atoms with E-state index in [0.717, 1.165) is 5.56 Å². The number of rotatable bonds is 3. The van der Waals surface area contributed by atoms with Gasteiger partial charge in [0.25, 0.3) is 0 Å². The van der Waals surface area contributed by atoms with Crippen molar-refractivity contribution in [3.8, 4) is 0 Å². The van der Waals surface area contributed by atoms with Gasteiger partial charge in [-0.2, -0.15) is 0 Å². The molecule has 1 aromatic carbocycles. The average molecular weight is 302 g/mol. The van der Waals surface area contributed by atoms with Crippen LogP contribution in [0.5, 0.6) is 0 Å². The van der Waals surface area contributed by atoms with Gasteiger partial charge in [0.1, 0.15) is 5.82 Å². The molecule has 2 amide bonds. The van der Waals surface area contributed by atoms with Gasteiger partial charge in [0.2, 0.25) is 11.8 Å². The molecule has 1 aliphatic rings. The Labute approximate surface area is 122 Å². The predicted molar refractivity (Wildman–Crippen MR) is 77.5 cm³/mol. The summed E-state index contributed by atoms with van der Waals surface area (Å²) in [6.07, 6.45) is 1.31. The molecule has 4 N–H and O–H groups in total. The molecule has 0 saturated carbocycles. The van der Waals surface area contributed by atoms with Crippen LogP contribution in [0.3, 0.4) is 0 Å². The molecule has 1 aliphatic heterocycles. The summed E-state index contributed by atoms with van der Waals surface area (Å²) in [7, 11) is 0. The lowest BCUT2D eigenvalue weighted by Gasteiger charge is -2.19. The van der Waals surface area contributed by atoms with Crippen molar-refractivity contribution in [1.29, 1.82) is 0 Å². The van der Waals surface area contributed by atoms with E-state index in [2.05, 4.69) is 10.6 Å². The Bertz CT molecular complexity index is 537. The smallest absolute Gasteiger partial charge is 0.241 e. The van der Waals surface area contributed by atoms with E-state index in [-0.39, 0.29) is 24.0 Å². The summed E-state index contributed by atoms with van der Waals surface area (Å²) in [5, 5.41) is 5.09. The fourth-order valence-corrected chi connectivity index (χ4v) is 1.91. The maximum Gasteiger partial charge on any atom is 0.241 e. The van der Waals surface area contributed by atoms with Gasteiger partial charge in [-0.3, -0.25) is 9.59 Å². The number of halogens is 2.